The van der Waals surface area contributed by atoms with E-state index in [2.05, 4.69) is 12.2 Å². The van der Waals surface area contributed by atoms with Crippen molar-refractivity contribution in [2.45, 2.75) is 57.0 Å². The fraction of sp³-hybridized carbons (Fsp3) is 1.00. The van der Waals surface area contributed by atoms with Gasteiger partial charge in [-0.25, -0.2) is 0 Å². The highest BCUT2D eigenvalue weighted by molar-refractivity contribution is 5.05. The first-order valence-corrected chi connectivity index (χ1v) is 5.55. The summed E-state index contributed by atoms with van der Waals surface area (Å²) in [6, 6.07) is 0.907. The van der Waals surface area contributed by atoms with E-state index in [1.54, 1.807) is 0 Å². The van der Waals surface area contributed by atoms with E-state index < -0.39 is 0 Å². The summed E-state index contributed by atoms with van der Waals surface area (Å²) in [5.74, 6) is 2.20. The van der Waals surface area contributed by atoms with E-state index in [-0.39, 0.29) is 0 Å². The van der Waals surface area contributed by atoms with Crippen LogP contribution in [-0.4, -0.2) is 11.6 Å². The molecule has 0 amide bonds. The minimum absolute atomic E-state index is 0.568. The molecule has 0 aromatic carbocycles. The van der Waals surface area contributed by atoms with E-state index >= 15 is 0 Å². The molecule has 1 N–H and O–H groups in total. The summed E-state index contributed by atoms with van der Waals surface area (Å²) in [4.78, 5) is 0. The molecule has 0 bridgehead atoms. The van der Waals surface area contributed by atoms with Crippen molar-refractivity contribution in [3.05, 3.63) is 0 Å². The molecule has 0 aromatic rings. The average Bonchev–Trinajstić information content (AvgIpc) is 2.83. The van der Waals surface area contributed by atoms with Crippen molar-refractivity contribution in [1.29, 1.82) is 0 Å². The van der Waals surface area contributed by atoms with Gasteiger partial charge >= 0.3 is 0 Å². The Balaban J connectivity index is 1.55. The summed E-state index contributed by atoms with van der Waals surface area (Å²) in [5.41, 5.74) is 0.568. The first-order chi connectivity index (χ1) is 5.77. The summed E-state index contributed by atoms with van der Waals surface area (Å²) in [7, 11) is 0. The maximum absolute atomic E-state index is 3.84. The van der Waals surface area contributed by atoms with Gasteiger partial charge in [-0.2, -0.15) is 0 Å². The van der Waals surface area contributed by atoms with Gasteiger partial charge in [-0.3, -0.25) is 0 Å². The second-order valence-electron chi connectivity index (χ2n) is 5.39. The van der Waals surface area contributed by atoms with Gasteiger partial charge in [0.1, 0.15) is 0 Å². The molecular formula is C11H19N. The third kappa shape index (κ3) is 1.19. The van der Waals surface area contributed by atoms with Crippen molar-refractivity contribution in [3.8, 4) is 0 Å². The van der Waals surface area contributed by atoms with Crippen LogP contribution in [0.15, 0.2) is 0 Å². The monoisotopic (exact) mass is 165 g/mol. The smallest absolute Gasteiger partial charge is 0.0157 e. The van der Waals surface area contributed by atoms with Crippen LogP contribution >= 0.6 is 0 Å². The highest BCUT2D eigenvalue weighted by Gasteiger charge is 2.47. The van der Waals surface area contributed by atoms with Gasteiger partial charge in [0.15, 0.2) is 0 Å². The van der Waals surface area contributed by atoms with Crippen molar-refractivity contribution >= 4 is 0 Å². The molecule has 3 saturated carbocycles. The van der Waals surface area contributed by atoms with Crippen molar-refractivity contribution in [2.24, 2.45) is 11.8 Å². The van der Waals surface area contributed by atoms with Crippen LogP contribution in [0.2, 0.25) is 0 Å². The summed E-state index contributed by atoms with van der Waals surface area (Å²) in [6.45, 7) is 2.38. The Kier molecular flexibility index (Phi) is 1.39. The predicted molar refractivity (Wildman–Crippen MR) is 50.0 cm³/mol. The first-order valence-electron chi connectivity index (χ1n) is 5.55. The number of hydrogen-bond donors (Lipinski definition) is 1. The molecule has 1 nitrogen and oxygen atoms in total. The standard InChI is InChI=1S/C11H19N/c1-11(6-7-11)12-10-5-4-9(10)8-2-3-8/h8-10,12H,2-7H2,1H3. The first kappa shape index (κ1) is 7.37. The van der Waals surface area contributed by atoms with Crippen molar-refractivity contribution in [1.82, 2.24) is 5.32 Å². The Bertz CT molecular complexity index is 191. The van der Waals surface area contributed by atoms with E-state index in [0.717, 1.165) is 17.9 Å². The van der Waals surface area contributed by atoms with Crippen LogP contribution in [0, 0.1) is 11.8 Å². The van der Waals surface area contributed by atoms with Gasteiger partial charge in [0.05, 0.1) is 0 Å². The Morgan fingerprint density at radius 2 is 1.83 bits per heavy atom. The zero-order chi connectivity index (χ0) is 8.18. The highest BCUT2D eigenvalue weighted by Crippen LogP contribution is 2.48. The van der Waals surface area contributed by atoms with Crippen LogP contribution in [0.3, 0.4) is 0 Å². The van der Waals surface area contributed by atoms with Crippen LogP contribution in [0.25, 0.3) is 0 Å². The largest absolute Gasteiger partial charge is 0.308 e. The fourth-order valence-corrected chi connectivity index (χ4v) is 2.57. The van der Waals surface area contributed by atoms with Crippen LogP contribution in [0.5, 0.6) is 0 Å². The molecular weight excluding hydrogens is 146 g/mol. The zero-order valence-electron chi connectivity index (χ0n) is 7.97. The molecule has 0 spiro atoms. The molecule has 0 heterocycles. The van der Waals surface area contributed by atoms with Gasteiger partial charge < -0.3 is 5.32 Å². The second-order valence-corrected chi connectivity index (χ2v) is 5.39. The molecule has 0 saturated heterocycles. The second kappa shape index (κ2) is 2.25. The number of rotatable bonds is 3. The minimum atomic E-state index is 0.568. The summed E-state index contributed by atoms with van der Waals surface area (Å²) in [5, 5.41) is 3.84. The number of nitrogens with one attached hydrogen (secondary N) is 1. The lowest BCUT2D eigenvalue weighted by molar-refractivity contribution is 0.166. The maximum Gasteiger partial charge on any atom is 0.0157 e. The fourth-order valence-electron chi connectivity index (χ4n) is 2.57. The van der Waals surface area contributed by atoms with Gasteiger partial charge in [0.2, 0.25) is 0 Å². The summed E-state index contributed by atoms with van der Waals surface area (Å²) in [6.07, 6.45) is 8.86. The molecule has 12 heavy (non-hydrogen) atoms. The van der Waals surface area contributed by atoms with Crippen LogP contribution in [0.4, 0.5) is 0 Å². The van der Waals surface area contributed by atoms with Gasteiger partial charge in [-0.05, 0) is 57.3 Å². The average molecular weight is 165 g/mol. The normalized spacial score (nSPS) is 43.8. The molecule has 0 radical (unpaired) electrons. The molecule has 68 valence electrons. The van der Waals surface area contributed by atoms with E-state index in [1.165, 1.54) is 38.5 Å². The highest BCUT2D eigenvalue weighted by atomic mass is 15.1. The van der Waals surface area contributed by atoms with E-state index in [4.69, 9.17) is 0 Å². The van der Waals surface area contributed by atoms with Crippen molar-refractivity contribution in [3.63, 3.8) is 0 Å². The third-order valence-electron chi connectivity index (χ3n) is 4.09. The Hall–Kier alpha value is -0.0400. The lowest BCUT2D eigenvalue weighted by Gasteiger charge is -2.39. The molecule has 1 heteroatoms. The molecule has 0 aliphatic heterocycles. The molecule has 0 aromatic heterocycles. The Morgan fingerprint density at radius 3 is 2.25 bits per heavy atom. The van der Waals surface area contributed by atoms with E-state index in [9.17, 15) is 0 Å². The van der Waals surface area contributed by atoms with Gasteiger partial charge in [0.25, 0.3) is 0 Å². The van der Waals surface area contributed by atoms with Crippen LogP contribution in [-0.2, 0) is 0 Å². The third-order valence-corrected chi connectivity index (χ3v) is 4.09. The Labute approximate surface area is 74.9 Å². The van der Waals surface area contributed by atoms with E-state index in [1.807, 2.05) is 0 Å². The minimum Gasteiger partial charge on any atom is -0.308 e. The summed E-state index contributed by atoms with van der Waals surface area (Å²) < 4.78 is 0. The molecule has 3 fully saturated rings. The van der Waals surface area contributed by atoms with Crippen molar-refractivity contribution < 1.29 is 0 Å². The lowest BCUT2D eigenvalue weighted by Crippen LogP contribution is -2.49. The summed E-state index contributed by atoms with van der Waals surface area (Å²) >= 11 is 0. The SMILES string of the molecule is CC1(NC2CCC2C2CC2)CC1. The number of hydrogen-bond acceptors (Lipinski definition) is 1. The van der Waals surface area contributed by atoms with Crippen LogP contribution < -0.4 is 5.32 Å². The van der Waals surface area contributed by atoms with E-state index in [0.29, 0.717) is 5.54 Å². The molecule has 2 atom stereocenters. The Morgan fingerprint density at radius 1 is 1.08 bits per heavy atom. The lowest BCUT2D eigenvalue weighted by atomic mass is 9.76. The van der Waals surface area contributed by atoms with Gasteiger partial charge in [-0.15, -0.1) is 0 Å². The molecule has 3 rings (SSSR count). The maximum atomic E-state index is 3.84. The molecule has 2 unspecified atom stereocenters. The predicted octanol–water partition coefficient (Wildman–Crippen LogP) is 2.32. The van der Waals surface area contributed by atoms with Gasteiger partial charge in [0, 0.05) is 11.6 Å². The molecule has 3 aliphatic rings. The zero-order valence-corrected chi connectivity index (χ0v) is 7.97. The quantitative estimate of drug-likeness (QED) is 0.676. The van der Waals surface area contributed by atoms with Crippen molar-refractivity contribution in [2.75, 3.05) is 0 Å². The molecule has 3 aliphatic carbocycles. The van der Waals surface area contributed by atoms with Gasteiger partial charge in [-0.1, -0.05) is 0 Å². The van der Waals surface area contributed by atoms with Crippen LogP contribution in [0.1, 0.15) is 45.4 Å². The topological polar surface area (TPSA) is 12.0 Å².